The molecule has 1 aliphatic rings. The van der Waals surface area contributed by atoms with Gasteiger partial charge in [-0.05, 0) is 17.3 Å². The number of aliphatic hydroxyl groups excluding tert-OH is 1. The monoisotopic (exact) mass is 293 g/mol. The van der Waals surface area contributed by atoms with Gasteiger partial charge in [-0.15, -0.1) is 20.6 Å². The molecule has 0 amide bonds. The fraction of sp³-hybridized carbons (Fsp3) is 0.357. The van der Waals surface area contributed by atoms with Crippen molar-refractivity contribution in [2.45, 2.75) is 18.4 Å². The van der Waals surface area contributed by atoms with Crippen LogP contribution >= 0.6 is 20.6 Å². The zero-order chi connectivity index (χ0) is 13.3. The molecule has 2 atom stereocenters. The number of nitrogens with zero attached hydrogens (tertiary/aromatic N) is 1. The molecule has 0 saturated carbocycles. The Balaban J connectivity index is 2.12. The van der Waals surface area contributed by atoms with Crippen LogP contribution in [0.1, 0.15) is 22.7 Å². The number of hydrogen-bond donors (Lipinski definition) is 1. The zero-order valence-corrected chi connectivity index (χ0v) is 12.5. The first kappa shape index (κ1) is 13.2. The number of aliphatic hydroxyl groups is 1. The lowest BCUT2D eigenvalue weighted by Gasteiger charge is -2.27. The van der Waals surface area contributed by atoms with Gasteiger partial charge in [-0.2, -0.15) is 0 Å². The normalized spacial score (nSPS) is 22.8. The Hall–Kier alpha value is -0.800. The number of hydrogen-bond acceptors (Lipinski definition) is 4. The van der Waals surface area contributed by atoms with Gasteiger partial charge >= 0.3 is 0 Å². The van der Waals surface area contributed by atoms with Crippen LogP contribution in [0.15, 0.2) is 29.6 Å². The van der Waals surface area contributed by atoms with E-state index in [0.29, 0.717) is 6.61 Å². The highest BCUT2D eigenvalue weighted by Gasteiger charge is 2.42. The van der Waals surface area contributed by atoms with Crippen LogP contribution in [0.3, 0.4) is 0 Å². The first-order valence-electron chi connectivity index (χ1n) is 6.25. The molecule has 19 heavy (non-hydrogen) atoms. The maximum absolute atomic E-state index is 9.21. The predicted octanol–water partition coefficient (Wildman–Crippen LogP) is 1.84. The van der Waals surface area contributed by atoms with Gasteiger partial charge in [0, 0.05) is 12.0 Å². The molecule has 1 aliphatic heterocycles. The van der Waals surface area contributed by atoms with Crippen molar-refractivity contribution in [1.29, 1.82) is 0 Å². The van der Waals surface area contributed by atoms with Crippen molar-refractivity contribution in [1.82, 2.24) is 4.98 Å². The standard InChI is InChI=1S/C14H16NO2PS/c16-7-10-8-19-13(15-10)14(5-6-17-9-14)11-3-1-2-4-12(11)18/h1-4,8,16H,5-7,9,18H2. The summed E-state index contributed by atoms with van der Waals surface area (Å²) in [4.78, 5) is 4.58. The zero-order valence-electron chi connectivity index (χ0n) is 10.5. The molecule has 1 aromatic carbocycles. The van der Waals surface area contributed by atoms with Gasteiger partial charge in [0.15, 0.2) is 0 Å². The third-order valence-corrected chi connectivity index (χ3v) is 5.22. The summed E-state index contributed by atoms with van der Waals surface area (Å²) in [5.41, 5.74) is 1.85. The van der Waals surface area contributed by atoms with Crippen molar-refractivity contribution in [3.05, 3.63) is 45.9 Å². The van der Waals surface area contributed by atoms with E-state index in [1.807, 2.05) is 11.4 Å². The van der Waals surface area contributed by atoms with E-state index in [1.165, 1.54) is 10.9 Å². The molecular formula is C14H16NO2PS. The van der Waals surface area contributed by atoms with Crippen LogP contribution in [0.5, 0.6) is 0 Å². The Kier molecular flexibility index (Phi) is 3.68. The van der Waals surface area contributed by atoms with Crippen LogP contribution in [-0.2, 0) is 16.8 Å². The summed E-state index contributed by atoms with van der Waals surface area (Å²) in [6.07, 6.45) is 0.941. The number of aromatic nitrogens is 1. The molecule has 0 spiro atoms. The van der Waals surface area contributed by atoms with Gasteiger partial charge in [0.1, 0.15) is 5.01 Å². The first-order chi connectivity index (χ1) is 9.26. The van der Waals surface area contributed by atoms with Crippen molar-refractivity contribution in [3.63, 3.8) is 0 Å². The summed E-state index contributed by atoms with van der Waals surface area (Å²) in [6, 6.07) is 8.34. The molecule has 5 heteroatoms. The second kappa shape index (κ2) is 5.29. The summed E-state index contributed by atoms with van der Waals surface area (Å²) >= 11 is 1.61. The van der Waals surface area contributed by atoms with Crippen LogP contribution in [0.4, 0.5) is 0 Å². The van der Waals surface area contributed by atoms with Gasteiger partial charge in [0.2, 0.25) is 0 Å². The smallest absolute Gasteiger partial charge is 0.106 e. The highest BCUT2D eigenvalue weighted by Crippen LogP contribution is 2.40. The highest BCUT2D eigenvalue weighted by atomic mass is 32.1. The quantitative estimate of drug-likeness (QED) is 0.878. The largest absolute Gasteiger partial charge is 0.390 e. The maximum Gasteiger partial charge on any atom is 0.106 e. The molecule has 100 valence electrons. The Morgan fingerprint density at radius 2 is 2.26 bits per heavy atom. The van der Waals surface area contributed by atoms with Gasteiger partial charge < -0.3 is 9.84 Å². The second-order valence-electron chi connectivity index (χ2n) is 4.77. The van der Waals surface area contributed by atoms with E-state index in [-0.39, 0.29) is 12.0 Å². The third kappa shape index (κ3) is 2.23. The van der Waals surface area contributed by atoms with Gasteiger partial charge in [0.25, 0.3) is 0 Å². The van der Waals surface area contributed by atoms with E-state index in [4.69, 9.17) is 4.74 Å². The number of rotatable bonds is 3. The Bertz CT molecular complexity index is 578. The van der Waals surface area contributed by atoms with Gasteiger partial charge in [-0.3, -0.25) is 0 Å². The predicted molar refractivity (Wildman–Crippen MR) is 80.0 cm³/mol. The van der Waals surface area contributed by atoms with E-state index in [9.17, 15) is 5.11 Å². The van der Waals surface area contributed by atoms with Crippen molar-refractivity contribution in [2.75, 3.05) is 13.2 Å². The second-order valence-corrected chi connectivity index (χ2v) is 6.25. The third-order valence-electron chi connectivity index (χ3n) is 3.62. The van der Waals surface area contributed by atoms with E-state index in [1.54, 1.807) is 11.3 Å². The number of ether oxygens (including phenoxy) is 1. The summed E-state index contributed by atoms with van der Waals surface area (Å²) in [5.74, 6) is 0. The van der Waals surface area contributed by atoms with Crippen LogP contribution in [0, 0.1) is 0 Å². The van der Waals surface area contributed by atoms with Crippen LogP contribution in [-0.4, -0.2) is 23.3 Å². The van der Waals surface area contributed by atoms with Crippen LogP contribution in [0.25, 0.3) is 0 Å². The molecule has 0 aliphatic carbocycles. The number of benzene rings is 1. The van der Waals surface area contributed by atoms with Crippen LogP contribution < -0.4 is 5.30 Å². The van der Waals surface area contributed by atoms with Crippen molar-refractivity contribution < 1.29 is 9.84 Å². The SMILES string of the molecule is OCc1csc(C2(c3ccccc3P)CCOC2)n1. The van der Waals surface area contributed by atoms with E-state index in [2.05, 4.69) is 32.4 Å². The maximum atomic E-state index is 9.21. The lowest BCUT2D eigenvalue weighted by molar-refractivity contribution is 0.184. The van der Waals surface area contributed by atoms with E-state index in [0.717, 1.165) is 23.7 Å². The highest BCUT2D eigenvalue weighted by molar-refractivity contribution is 7.27. The molecule has 3 rings (SSSR count). The lowest BCUT2D eigenvalue weighted by Crippen LogP contribution is -2.32. The van der Waals surface area contributed by atoms with E-state index < -0.39 is 0 Å². The molecule has 1 N–H and O–H groups in total. The summed E-state index contributed by atoms with van der Waals surface area (Å²) in [7, 11) is 2.80. The van der Waals surface area contributed by atoms with Crippen molar-refractivity contribution in [3.8, 4) is 0 Å². The topological polar surface area (TPSA) is 42.4 Å². The molecular weight excluding hydrogens is 277 g/mol. The van der Waals surface area contributed by atoms with E-state index >= 15 is 0 Å². The van der Waals surface area contributed by atoms with Crippen LogP contribution in [0.2, 0.25) is 0 Å². The van der Waals surface area contributed by atoms with Gasteiger partial charge in [0.05, 0.1) is 24.3 Å². The number of thiazole rings is 1. The molecule has 1 fully saturated rings. The minimum atomic E-state index is -0.156. The Morgan fingerprint density at radius 1 is 1.42 bits per heavy atom. The molecule has 1 aromatic heterocycles. The summed E-state index contributed by atoms with van der Waals surface area (Å²) in [6.45, 7) is 1.42. The van der Waals surface area contributed by atoms with Gasteiger partial charge in [-0.25, -0.2) is 4.98 Å². The minimum absolute atomic E-state index is 0.00401. The summed E-state index contributed by atoms with van der Waals surface area (Å²) < 4.78 is 5.66. The molecule has 0 bridgehead atoms. The lowest BCUT2D eigenvalue weighted by atomic mass is 9.80. The first-order valence-corrected chi connectivity index (χ1v) is 7.70. The fourth-order valence-corrected chi connectivity index (χ4v) is 4.12. The molecule has 1 saturated heterocycles. The Morgan fingerprint density at radius 3 is 2.89 bits per heavy atom. The molecule has 3 nitrogen and oxygen atoms in total. The van der Waals surface area contributed by atoms with Crippen molar-refractivity contribution >= 4 is 25.9 Å². The molecule has 2 unspecified atom stereocenters. The van der Waals surface area contributed by atoms with Crippen molar-refractivity contribution in [2.24, 2.45) is 0 Å². The summed E-state index contributed by atoms with van der Waals surface area (Å²) in [5, 5.41) is 13.4. The minimum Gasteiger partial charge on any atom is -0.390 e. The Labute approximate surface area is 118 Å². The fourth-order valence-electron chi connectivity index (χ4n) is 2.59. The molecule has 0 radical (unpaired) electrons. The average Bonchev–Trinajstić information content (AvgIpc) is 3.09. The molecule has 2 heterocycles. The van der Waals surface area contributed by atoms with Gasteiger partial charge in [-0.1, -0.05) is 24.3 Å². The molecule has 2 aromatic rings. The average molecular weight is 293 g/mol.